The molecule has 3 atom stereocenters. The van der Waals surface area contributed by atoms with Crippen LogP contribution < -0.4 is 0 Å². The summed E-state index contributed by atoms with van der Waals surface area (Å²) in [6, 6.07) is 4.82. The molecule has 0 aliphatic heterocycles. The van der Waals surface area contributed by atoms with Crippen LogP contribution in [0.3, 0.4) is 0 Å². The molecule has 3 unspecified atom stereocenters. The molecule has 17 heavy (non-hydrogen) atoms. The Balaban J connectivity index is 1.69. The molecule has 2 fully saturated rings. The third-order valence-corrected chi connectivity index (χ3v) is 5.12. The van der Waals surface area contributed by atoms with Crippen LogP contribution in [0.4, 0.5) is 4.39 Å². The van der Waals surface area contributed by atoms with Crippen molar-refractivity contribution in [2.24, 2.45) is 17.8 Å². The van der Waals surface area contributed by atoms with E-state index in [2.05, 4.69) is 0 Å². The lowest BCUT2D eigenvalue weighted by Crippen LogP contribution is -2.17. The normalized spacial score (nSPS) is 32.3. The van der Waals surface area contributed by atoms with Crippen molar-refractivity contribution in [2.75, 3.05) is 0 Å². The molecule has 0 aromatic heterocycles. The van der Waals surface area contributed by atoms with Gasteiger partial charge in [0.15, 0.2) is 0 Å². The van der Waals surface area contributed by atoms with Gasteiger partial charge >= 0.3 is 0 Å². The number of hydrogen-bond acceptors (Lipinski definition) is 0. The van der Waals surface area contributed by atoms with Gasteiger partial charge in [-0.05, 0) is 55.6 Å². The van der Waals surface area contributed by atoms with Gasteiger partial charge in [0.25, 0.3) is 0 Å². The standard InChI is InChI=1S/C14H15Cl2F/c15-12-2-1-3-14(17)11(12)7-13(16)10-5-8-4-9(8)6-10/h1-3,8-10,13H,4-7H2. The predicted octanol–water partition coefficient (Wildman–Crippen LogP) is 4.68. The lowest BCUT2D eigenvalue weighted by atomic mass is 9.94. The van der Waals surface area contributed by atoms with Crippen molar-refractivity contribution in [1.82, 2.24) is 0 Å². The SMILES string of the molecule is Fc1cccc(Cl)c1CC(Cl)C1CC2CC2C1. The van der Waals surface area contributed by atoms with E-state index in [1.807, 2.05) is 0 Å². The largest absolute Gasteiger partial charge is 0.207 e. The molecule has 0 saturated heterocycles. The smallest absolute Gasteiger partial charge is 0.127 e. The molecular weight excluding hydrogens is 258 g/mol. The van der Waals surface area contributed by atoms with Crippen LogP contribution in [-0.4, -0.2) is 5.38 Å². The highest BCUT2D eigenvalue weighted by Crippen LogP contribution is 2.56. The highest BCUT2D eigenvalue weighted by molar-refractivity contribution is 6.31. The number of alkyl halides is 1. The molecule has 92 valence electrons. The average Bonchev–Trinajstić information content (AvgIpc) is 2.91. The molecule has 0 radical (unpaired) electrons. The third-order valence-electron chi connectivity index (χ3n) is 4.25. The second-order valence-electron chi connectivity index (χ2n) is 5.41. The van der Waals surface area contributed by atoms with E-state index >= 15 is 0 Å². The molecule has 2 aliphatic rings. The van der Waals surface area contributed by atoms with Crippen LogP contribution in [0.5, 0.6) is 0 Å². The van der Waals surface area contributed by atoms with Crippen LogP contribution in [0.25, 0.3) is 0 Å². The first-order valence-corrected chi connectivity index (χ1v) is 7.03. The van der Waals surface area contributed by atoms with Crippen LogP contribution >= 0.6 is 23.2 Å². The van der Waals surface area contributed by atoms with E-state index in [1.165, 1.54) is 25.3 Å². The molecule has 0 spiro atoms. The van der Waals surface area contributed by atoms with E-state index < -0.39 is 0 Å². The maximum atomic E-state index is 13.6. The Kier molecular flexibility index (Phi) is 3.08. The summed E-state index contributed by atoms with van der Waals surface area (Å²) in [5, 5.41) is 0.524. The van der Waals surface area contributed by atoms with E-state index in [1.54, 1.807) is 12.1 Å². The lowest BCUT2D eigenvalue weighted by Gasteiger charge is -2.19. The molecule has 0 N–H and O–H groups in total. The number of benzene rings is 1. The molecular formula is C14H15Cl2F. The van der Waals surface area contributed by atoms with Crippen molar-refractivity contribution in [3.05, 3.63) is 34.6 Å². The van der Waals surface area contributed by atoms with E-state index in [4.69, 9.17) is 23.2 Å². The summed E-state index contributed by atoms with van der Waals surface area (Å²) in [4.78, 5) is 0. The molecule has 0 nitrogen and oxygen atoms in total. The van der Waals surface area contributed by atoms with Gasteiger partial charge in [0.1, 0.15) is 5.82 Å². The minimum Gasteiger partial charge on any atom is -0.207 e. The summed E-state index contributed by atoms with van der Waals surface area (Å²) < 4.78 is 13.6. The molecule has 1 aromatic rings. The Morgan fingerprint density at radius 2 is 1.94 bits per heavy atom. The molecule has 2 saturated carbocycles. The van der Waals surface area contributed by atoms with Crippen molar-refractivity contribution in [3.8, 4) is 0 Å². The summed E-state index contributed by atoms with van der Waals surface area (Å²) in [6.07, 6.45) is 4.40. The van der Waals surface area contributed by atoms with Gasteiger partial charge in [-0.1, -0.05) is 17.7 Å². The van der Waals surface area contributed by atoms with Crippen molar-refractivity contribution < 1.29 is 4.39 Å². The quantitative estimate of drug-likeness (QED) is 0.702. The highest BCUT2D eigenvalue weighted by atomic mass is 35.5. The number of hydrogen-bond donors (Lipinski definition) is 0. The monoisotopic (exact) mass is 272 g/mol. The van der Waals surface area contributed by atoms with E-state index in [0.717, 1.165) is 11.8 Å². The lowest BCUT2D eigenvalue weighted by molar-refractivity contribution is 0.455. The van der Waals surface area contributed by atoms with Gasteiger partial charge in [-0.3, -0.25) is 0 Å². The molecule has 0 amide bonds. The molecule has 0 heterocycles. The van der Waals surface area contributed by atoms with Gasteiger partial charge in [0, 0.05) is 16.0 Å². The zero-order valence-corrected chi connectivity index (χ0v) is 11.0. The molecule has 2 aliphatic carbocycles. The van der Waals surface area contributed by atoms with Crippen molar-refractivity contribution in [2.45, 2.75) is 31.1 Å². The Bertz CT molecular complexity index is 402. The van der Waals surface area contributed by atoms with Gasteiger partial charge in [-0.2, -0.15) is 0 Å². The Hall–Kier alpha value is -0.270. The number of halogens is 3. The Morgan fingerprint density at radius 3 is 2.59 bits per heavy atom. The Morgan fingerprint density at radius 1 is 1.24 bits per heavy atom. The zero-order chi connectivity index (χ0) is 12.0. The first kappa shape index (κ1) is 11.8. The second kappa shape index (κ2) is 4.44. The number of rotatable bonds is 3. The molecule has 3 rings (SSSR count). The van der Waals surface area contributed by atoms with Crippen LogP contribution in [0.2, 0.25) is 5.02 Å². The van der Waals surface area contributed by atoms with Crippen molar-refractivity contribution >= 4 is 23.2 Å². The van der Waals surface area contributed by atoms with E-state index in [-0.39, 0.29) is 11.2 Å². The topological polar surface area (TPSA) is 0 Å². The van der Waals surface area contributed by atoms with Gasteiger partial charge in [0.05, 0.1) is 0 Å². The number of fused-ring (bicyclic) bond motifs is 1. The summed E-state index contributed by atoms with van der Waals surface area (Å²) in [6.45, 7) is 0. The Labute approximate surface area is 111 Å². The van der Waals surface area contributed by atoms with Gasteiger partial charge in [-0.25, -0.2) is 4.39 Å². The molecule has 1 aromatic carbocycles. The summed E-state index contributed by atoms with van der Waals surface area (Å²) in [5.41, 5.74) is 0.578. The van der Waals surface area contributed by atoms with Crippen LogP contribution in [0, 0.1) is 23.6 Å². The zero-order valence-electron chi connectivity index (χ0n) is 9.50. The molecule has 3 heteroatoms. The van der Waals surface area contributed by atoms with Gasteiger partial charge in [0.2, 0.25) is 0 Å². The second-order valence-corrected chi connectivity index (χ2v) is 6.38. The van der Waals surface area contributed by atoms with Crippen LogP contribution in [0.15, 0.2) is 18.2 Å². The fraction of sp³-hybridized carbons (Fsp3) is 0.571. The van der Waals surface area contributed by atoms with Crippen LogP contribution in [0.1, 0.15) is 24.8 Å². The van der Waals surface area contributed by atoms with Crippen molar-refractivity contribution in [1.29, 1.82) is 0 Å². The average molecular weight is 273 g/mol. The summed E-state index contributed by atoms with van der Waals surface area (Å²) in [5.74, 6) is 2.15. The van der Waals surface area contributed by atoms with Gasteiger partial charge in [-0.15, -0.1) is 11.6 Å². The molecule has 0 bridgehead atoms. The summed E-state index contributed by atoms with van der Waals surface area (Å²) in [7, 11) is 0. The van der Waals surface area contributed by atoms with Gasteiger partial charge < -0.3 is 0 Å². The maximum Gasteiger partial charge on any atom is 0.127 e. The fourth-order valence-electron chi connectivity index (χ4n) is 3.15. The van der Waals surface area contributed by atoms with Crippen molar-refractivity contribution in [3.63, 3.8) is 0 Å². The highest BCUT2D eigenvalue weighted by Gasteiger charge is 2.47. The predicted molar refractivity (Wildman–Crippen MR) is 69.1 cm³/mol. The van der Waals surface area contributed by atoms with E-state index in [0.29, 0.717) is 22.9 Å². The van der Waals surface area contributed by atoms with Crippen LogP contribution in [-0.2, 0) is 6.42 Å². The third kappa shape index (κ3) is 2.32. The first-order chi connectivity index (χ1) is 8.15. The fourth-order valence-corrected chi connectivity index (χ4v) is 3.75. The first-order valence-electron chi connectivity index (χ1n) is 6.22. The van der Waals surface area contributed by atoms with E-state index in [9.17, 15) is 4.39 Å². The summed E-state index contributed by atoms with van der Waals surface area (Å²) >= 11 is 12.4. The maximum absolute atomic E-state index is 13.6. The minimum absolute atomic E-state index is 0.0252. The minimum atomic E-state index is -0.230.